The van der Waals surface area contributed by atoms with Gasteiger partial charge in [0.25, 0.3) is 0 Å². The lowest BCUT2D eigenvalue weighted by Gasteiger charge is -2.34. The first-order valence-electron chi connectivity index (χ1n) is 8.92. The zero-order valence-electron chi connectivity index (χ0n) is 14.6. The molecule has 0 unspecified atom stereocenters. The normalized spacial score (nSPS) is 20.0. The number of nitrogens with zero attached hydrogens (tertiary/aromatic N) is 4. The van der Waals surface area contributed by atoms with Crippen molar-refractivity contribution in [2.75, 3.05) is 26.2 Å². The Morgan fingerprint density at radius 2 is 1.96 bits per heavy atom. The number of rotatable bonds is 4. The Labute approximate surface area is 148 Å². The molecule has 5 nitrogen and oxygen atoms in total. The van der Waals surface area contributed by atoms with Crippen molar-refractivity contribution in [3.63, 3.8) is 0 Å². The largest absolute Gasteiger partial charge is 0.337 e. The highest BCUT2D eigenvalue weighted by molar-refractivity contribution is 5.84. The highest BCUT2D eigenvalue weighted by Gasteiger charge is 2.36. The van der Waals surface area contributed by atoms with E-state index in [0.29, 0.717) is 0 Å². The molecule has 1 amide bonds. The molecule has 0 aliphatic carbocycles. The smallest absolute Gasteiger partial charge is 0.233 e. The maximum Gasteiger partial charge on any atom is 0.233 e. The lowest BCUT2D eigenvalue weighted by atomic mass is 9.96. The van der Waals surface area contributed by atoms with Gasteiger partial charge in [0.2, 0.25) is 5.91 Å². The molecule has 0 saturated carbocycles. The van der Waals surface area contributed by atoms with Gasteiger partial charge in [-0.2, -0.15) is 0 Å². The summed E-state index contributed by atoms with van der Waals surface area (Å²) in [5.41, 5.74) is 3.47. The summed E-state index contributed by atoms with van der Waals surface area (Å²) in [6.45, 7) is 4.00. The van der Waals surface area contributed by atoms with Crippen LogP contribution in [0.15, 0.2) is 48.8 Å². The fourth-order valence-corrected chi connectivity index (χ4v) is 3.85. The third-order valence-electron chi connectivity index (χ3n) is 5.19. The number of amides is 1. The Kier molecular flexibility index (Phi) is 4.40. The number of hydrogen-bond acceptors (Lipinski definition) is 3. The molecule has 1 aromatic heterocycles. The highest BCUT2D eigenvalue weighted by atomic mass is 16.2. The van der Waals surface area contributed by atoms with Crippen LogP contribution in [0.4, 0.5) is 0 Å². The first-order valence-corrected chi connectivity index (χ1v) is 8.92. The Morgan fingerprint density at radius 3 is 2.72 bits per heavy atom. The van der Waals surface area contributed by atoms with Crippen molar-refractivity contribution >= 4 is 5.91 Å². The summed E-state index contributed by atoms with van der Waals surface area (Å²) < 4.78 is 2.02. The summed E-state index contributed by atoms with van der Waals surface area (Å²) in [5.74, 6) is 0.103. The molecule has 1 aromatic carbocycles. The van der Waals surface area contributed by atoms with Gasteiger partial charge in [0.05, 0.1) is 23.6 Å². The molecule has 2 aliphatic rings. The minimum atomic E-state index is -0.119. The molecule has 0 saturated heterocycles. The Morgan fingerprint density at radius 1 is 1.20 bits per heavy atom. The first kappa shape index (κ1) is 16.1. The number of aryl methyl sites for hydroxylation is 1. The standard InChI is InChI=1S/C20H24N4O/c1-22-15-21-18-14-23(12-9-16-7-3-2-4-8-16)13-17(19(18)22)20(25)24-10-5-6-11-24/h2-8,15,17H,9-14H2,1H3/t17-/m1/s1. The van der Waals surface area contributed by atoms with Crippen LogP contribution in [0, 0.1) is 0 Å². The van der Waals surface area contributed by atoms with Crippen LogP contribution >= 0.6 is 0 Å². The van der Waals surface area contributed by atoms with E-state index in [9.17, 15) is 4.79 Å². The molecule has 0 fully saturated rings. The average molecular weight is 336 g/mol. The van der Waals surface area contributed by atoms with Crippen LogP contribution in [0.2, 0.25) is 0 Å². The molecule has 5 heteroatoms. The van der Waals surface area contributed by atoms with Gasteiger partial charge in [-0.25, -0.2) is 4.98 Å². The first-order chi connectivity index (χ1) is 12.2. The van der Waals surface area contributed by atoms with E-state index in [1.54, 1.807) is 0 Å². The molecule has 130 valence electrons. The predicted octanol–water partition coefficient (Wildman–Crippen LogP) is 1.96. The number of fused-ring (bicyclic) bond motifs is 1. The van der Waals surface area contributed by atoms with E-state index in [1.807, 2.05) is 28.9 Å². The van der Waals surface area contributed by atoms with Crippen molar-refractivity contribution in [2.24, 2.45) is 7.05 Å². The van der Waals surface area contributed by atoms with E-state index in [2.05, 4.69) is 46.3 Å². The molecule has 25 heavy (non-hydrogen) atoms. The predicted molar refractivity (Wildman–Crippen MR) is 97.1 cm³/mol. The van der Waals surface area contributed by atoms with Crippen LogP contribution in [0.3, 0.4) is 0 Å². The number of carbonyl (C=O) groups is 1. The fraction of sp³-hybridized carbons (Fsp3) is 0.400. The van der Waals surface area contributed by atoms with Gasteiger partial charge in [-0.1, -0.05) is 42.5 Å². The fourth-order valence-electron chi connectivity index (χ4n) is 3.85. The highest BCUT2D eigenvalue weighted by Crippen LogP contribution is 2.29. The average Bonchev–Trinajstić information content (AvgIpc) is 3.30. The van der Waals surface area contributed by atoms with Crippen molar-refractivity contribution < 1.29 is 4.79 Å². The second kappa shape index (κ2) is 6.84. The van der Waals surface area contributed by atoms with Crippen LogP contribution in [0.5, 0.6) is 0 Å². The molecule has 0 N–H and O–H groups in total. The molecule has 4 rings (SSSR count). The summed E-state index contributed by atoms with van der Waals surface area (Å²) >= 11 is 0. The van der Waals surface area contributed by atoms with Crippen LogP contribution in [0.25, 0.3) is 0 Å². The lowest BCUT2D eigenvalue weighted by molar-refractivity contribution is -0.132. The van der Waals surface area contributed by atoms with Crippen LogP contribution < -0.4 is 0 Å². The summed E-state index contributed by atoms with van der Waals surface area (Å²) in [4.78, 5) is 21.9. The van der Waals surface area contributed by atoms with Crippen LogP contribution in [0.1, 0.15) is 22.9 Å². The van der Waals surface area contributed by atoms with E-state index in [1.165, 1.54) is 5.56 Å². The molecule has 1 atom stereocenters. The maximum absolute atomic E-state index is 13.1. The molecule has 3 heterocycles. The van der Waals surface area contributed by atoms with E-state index in [0.717, 1.165) is 50.5 Å². The summed E-state index contributed by atoms with van der Waals surface area (Å²) in [7, 11) is 1.99. The number of imidazole rings is 1. The quantitative estimate of drug-likeness (QED) is 0.802. The monoisotopic (exact) mass is 336 g/mol. The molecular formula is C20H24N4O. The molecule has 2 aliphatic heterocycles. The van der Waals surface area contributed by atoms with Crippen molar-refractivity contribution in [1.82, 2.24) is 19.4 Å². The Balaban J connectivity index is 1.51. The Bertz CT molecular complexity index is 772. The van der Waals surface area contributed by atoms with E-state index >= 15 is 0 Å². The van der Waals surface area contributed by atoms with Gasteiger partial charge in [0.15, 0.2) is 0 Å². The van der Waals surface area contributed by atoms with Gasteiger partial charge in [-0.05, 0) is 12.0 Å². The molecule has 0 bridgehead atoms. The SMILES string of the molecule is Cn1cnc2c1[C@H](C(=O)N1CC=CC1)CN(CCc1ccccc1)C2. The molecule has 2 aromatic rings. The minimum Gasteiger partial charge on any atom is -0.337 e. The van der Waals surface area contributed by atoms with Crippen LogP contribution in [-0.2, 0) is 24.8 Å². The summed E-state index contributed by atoms with van der Waals surface area (Å²) in [6.07, 6.45) is 6.97. The van der Waals surface area contributed by atoms with Crippen molar-refractivity contribution in [2.45, 2.75) is 18.9 Å². The summed E-state index contributed by atoms with van der Waals surface area (Å²) in [5, 5.41) is 0. The summed E-state index contributed by atoms with van der Waals surface area (Å²) in [6, 6.07) is 10.5. The van der Waals surface area contributed by atoms with Crippen molar-refractivity contribution in [3.8, 4) is 0 Å². The zero-order valence-corrected chi connectivity index (χ0v) is 14.6. The molecular weight excluding hydrogens is 312 g/mol. The number of aromatic nitrogens is 2. The second-order valence-corrected chi connectivity index (χ2v) is 6.93. The van der Waals surface area contributed by atoms with Gasteiger partial charge >= 0.3 is 0 Å². The van der Waals surface area contributed by atoms with Gasteiger partial charge < -0.3 is 9.47 Å². The van der Waals surface area contributed by atoms with Gasteiger partial charge in [-0.15, -0.1) is 0 Å². The minimum absolute atomic E-state index is 0.119. The number of hydrogen-bond donors (Lipinski definition) is 0. The third kappa shape index (κ3) is 3.24. The van der Waals surface area contributed by atoms with Gasteiger partial charge in [0.1, 0.15) is 0 Å². The maximum atomic E-state index is 13.1. The van der Waals surface area contributed by atoms with Crippen molar-refractivity contribution in [3.05, 3.63) is 65.8 Å². The van der Waals surface area contributed by atoms with E-state index in [-0.39, 0.29) is 11.8 Å². The lowest BCUT2D eigenvalue weighted by Crippen LogP contribution is -2.43. The zero-order chi connectivity index (χ0) is 17.2. The van der Waals surface area contributed by atoms with Gasteiger partial charge in [-0.3, -0.25) is 9.69 Å². The number of carbonyl (C=O) groups excluding carboxylic acids is 1. The Hall–Kier alpha value is -2.40. The van der Waals surface area contributed by atoms with Gasteiger partial charge in [0, 0.05) is 39.8 Å². The third-order valence-corrected chi connectivity index (χ3v) is 5.19. The van der Waals surface area contributed by atoms with E-state index in [4.69, 9.17) is 0 Å². The second-order valence-electron chi connectivity index (χ2n) is 6.93. The molecule has 0 spiro atoms. The van der Waals surface area contributed by atoms with Crippen LogP contribution in [-0.4, -0.2) is 51.4 Å². The molecule has 0 radical (unpaired) electrons. The number of benzene rings is 1. The van der Waals surface area contributed by atoms with Crippen molar-refractivity contribution in [1.29, 1.82) is 0 Å². The van der Waals surface area contributed by atoms with E-state index < -0.39 is 0 Å². The topological polar surface area (TPSA) is 41.4 Å².